The zero-order valence-corrected chi connectivity index (χ0v) is 13.9. The van der Waals surface area contributed by atoms with Gasteiger partial charge < -0.3 is 10.0 Å². The van der Waals surface area contributed by atoms with Crippen molar-refractivity contribution in [2.75, 3.05) is 13.2 Å². The van der Waals surface area contributed by atoms with E-state index in [0.29, 0.717) is 29.9 Å². The molecule has 0 spiro atoms. The molecule has 1 aromatic heterocycles. The summed E-state index contributed by atoms with van der Waals surface area (Å²) in [5.74, 6) is -0.0497. The summed E-state index contributed by atoms with van der Waals surface area (Å²) in [6.45, 7) is 2.71. The lowest BCUT2D eigenvalue weighted by Gasteiger charge is -2.22. The fraction of sp³-hybridized carbons (Fsp3) is 0.500. The van der Waals surface area contributed by atoms with E-state index >= 15 is 0 Å². The molecule has 1 aliphatic carbocycles. The molecule has 0 radical (unpaired) electrons. The number of para-hydroxylation sites is 1. The van der Waals surface area contributed by atoms with Gasteiger partial charge in [-0.15, -0.1) is 0 Å². The van der Waals surface area contributed by atoms with Crippen molar-refractivity contribution >= 4 is 16.8 Å². The number of amides is 1. The Morgan fingerprint density at radius 1 is 1.38 bits per heavy atom. The van der Waals surface area contributed by atoms with Crippen LogP contribution >= 0.6 is 0 Å². The van der Waals surface area contributed by atoms with Crippen LogP contribution in [0.3, 0.4) is 0 Å². The van der Waals surface area contributed by atoms with Crippen molar-refractivity contribution in [2.45, 2.75) is 45.2 Å². The van der Waals surface area contributed by atoms with Crippen LogP contribution in [0.4, 0.5) is 0 Å². The first-order chi connectivity index (χ1) is 11.6. The van der Waals surface area contributed by atoms with Crippen LogP contribution in [0.1, 0.15) is 31.2 Å². The highest BCUT2D eigenvalue weighted by atomic mass is 16.3. The number of unbranched alkanes of at least 4 members (excludes halogenated alkanes) is 1. The maximum absolute atomic E-state index is 12.6. The van der Waals surface area contributed by atoms with Gasteiger partial charge in [0.25, 0.3) is 5.56 Å². The van der Waals surface area contributed by atoms with Gasteiger partial charge in [0, 0.05) is 19.2 Å². The number of carbonyl (C=O) groups is 1. The second kappa shape index (κ2) is 7.13. The number of aliphatic hydroxyl groups excluding tert-OH is 1. The van der Waals surface area contributed by atoms with Gasteiger partial charge in [0.15, 0.2) is 0 Å². The van der Waals surface area contributed by atoms with E-state index in [1.807, 2.05) is 24.0 Å². The molecule has 1 N–H and O–H groups in total. The van der Waals surface area contributed by atoms with Crippen molar-refractivity contribution in [1.29, 1.82) is 0 Å². The molecule has 1 fully saturated rings. The van der Waals surface area contributed by atoms with Crippen molar-refractivity contribution in [3.63, 3.8) is 0 Å². The molecule has 1 aliphatic rings. The van der Waals surface area contributed by atoms with Gasteiger partial charge in [0.05, 0.1) is 17.2 Å². The Balaban J connectivity index is 1.79. The molecule has 128 valence electrons. The molecule has 1 aromatic carbocycles. The molecule has 0 saturated heterocycles. The van der Waals surface area contributed by atoms with E-state index < -0.39 is 0 Å². The number of hydrogen-bond donors (Lipinski definition) is 1. The molecular weight excluding hydrogens is 306 g/mol. The molecule has 1 heterocycles. The lowest BCUT2D eigenvalue weighted by Crippen LogP contribution is -2.38. The molecule has 0 atom stereocenters. The van der Waals surface area contributed by atoms with Crippen LogP contribution in [0, 0.1) is 6.92 Å². The highest BCUT2D eigenvalue weighted by Crippen LogP contribution is 2.27. The highest BCUT2D eigenvalue weighted by molar-refractivity contribution is 5.81. The molecule has 6 heteroatoms. The minimum Gasteiger partial charge on any atom is -0.396 e. The highest BCUT2D eigenvalue weighted by Gasteiger charge is 2.32. The Labute approximate surface area is 140 Å². The second-order valence-electron chi connectivity index (χ2n) is 6.40. The predicted octanol–water partition coefficient (Wildman–Crippen LogP) is 1.47. The Morgan fingerprint density at radius 2 is 2.17 bits per heavy atom. The van der Waals surface area contributed by atoms with Crippen molar-refractivity contribution in [3.05, 3.63) is 40.4 Å². The molecule has 24 heavy (non-hydrogen) atoms. The summed E-state index contributed by atoms with van der Waals surface area (Å²) in [4.78, 5) is 31.4. The molecule has 0 aliphatic heterocycles. The largest absolute Gasteiger partial charge is 0.396 e. The van der Waals surface area contributed by atoms with Gasteiger partial charge in [-0.05, 0) is 44.2 Å². The van der Waals surface area contributed by atoms with E-state index in [-0.39, 0.29) is 24.6 Å². The quantitative estimate of drug-likeness (QED) is 0.781. The lowest BCUT2D eigenvalue weighted by molar-refractivity contribution is -0.132. The number of carbonyl (C=O) groups excluding carboxylic acids is 1. The number of aliphatic hydroxyl groups is 1. The van der Waals surface area contributed by atoms with E-state index in [4.69, 9.17) is 5.11 Å². The number of aromatic nitrogens is 2. The zero-order valence-electron chi connectivity index (χ0n) is 13.9. The summed E-state index contributed by atoms with van der Waals surface area (Å²) in [7, 11) is 0. The van der Waals surface area contributed by atoms with Crippen molar-refractivity contribution < 1.29 is 9.90 Å². The van der Waals surface area contributed by atoms with Crippen LogP contribution in [-0.2, 0) is 11.3 Å². The number of hydrogen-bond acceptors (Lipinski definition) is 4. The first kappa shape index (κ1) is 16.6. The van der Waals surface area contributed by atoms with Gasteiger partial charge in [-0.25, -0.2) is 4.98 Å². The zero-order chi connectivity index (χ0) is 17.1. The van der Waals surface area contributed by atoms with Crippen LogP contribution in [0.15, 0.2) is 29.3 Å². The average Bonchev–Trinajstić information content (AvgIpc) is 3.39. The maximum Gasteiger partial charge on any atom is 0.261 e. The molecule has 1 saturated carbocycles. The molecular formula is C18H23N3O3. The summed E-state index contributed by atoms with van der Waals surface area (Å²) in [6, 6.07) is 5.79. The Kier molecular flexibility index (Phi) is 4.94. The molecule has 6 nitrogen and oxygen atoms in total. The first-order valence-electron chi connectivity index (χ1n) is 8.47. The first-order valence-corrected chi connectivity index (χ1v) is 8.47. The third-order valence-corrected chi connectivity index (χ3v) is 4.48. The Hall–Kier alpha value is -2.21. The van der Waals surface area contributed by atoms with Gasteiger partial charge in [-0.2, -0.15) is 0 Å². The summed E-state index contributed by atoms with van der Waals surface area (Å²) in [5.41, 5.74) is 1.46. The number of aryl methyl sites for hydroxylation is 1. The second-order valence-corrected chi connectivity index (χ2v) is 6.40. The van der Waals surface area contributed by atoms with Gasteiger partial charge in [0.2, 0.25) is 5.91 Å². The van der Waals surface area contributed by atoms with E-state index in [1.165, 1.54) is 10.9 Å². The van der Waals surface area contributed by atoms with E-state index in [2.05, 4.69) is 4.98 Å². The van der Waals surface area contributed by atoms with E-state index in [9.17, 15) is 9.59 Å². The van der Waals surface area contributed by atoms with E-state index in [0.717, 1.165) is 24.8 Å². The molecule has 0 bridgehead atoms. The van der Waals surface area contributed by atoms with Crippen LogP contribution in [0.2, 0.25) is 0 Å². The predicted molar refractivity (Wildman–Crippen MR) is 91.8 cm³/mol. The summed E-state index contributed by atoms with van der Waals surface area (Å²) in [5, 5.41) is 9.45. The minimum atomic E-state index is -0.178. The number of fused-ring (bicyclic) bond motifs is 1. The Morgan fingerprint density at radius 3 is 2.88 bits per heavy atom. The third kappa shape index (κ3) is 3.48. The third-order valence-electron chi connectivity index (χ3n) is 4.48. The molecule has 3 rings (SSSR count). The molecule has 2 aromatic rings. The van der Waals surface area contributed by atoms with Gasteiger partial charge in [0.1, 0.15) is 6.54 Å². The summed E-state index contributed by atoms with van der Waals surface area (Å²) in [6.07, 6.45) is 4.98. The monoisotopic (exact) mass is 329 g/mol. The maximum atomic E-state index is 12.6. The van der Waals surface area contributed by atoms with Crippen molar-refractivity contribution in [1.82, 2.24) is 14.5 Å². The average molecular weight is 329 g/mol. The van der Waals surface area contributed by atoms with Crippen LogP contribution < -0.4 is 5.56 Å². The van der Waals surface area contributed by atoms with Crippen LogP contribution in [0.25, 0.3) is 10.9 Å². The van der Waals surface area contributed by atoms with E-state index in [1.54, 1.807) is 6.07 Å². The van der Waals surface area contributed by atoms with Gasteiger partial charge >= 0.3 is 0 Å². The standard InChI is InChI=1S/C18H23N3O3/c1-13-5-4-6-15-17(13)19-12-20(18(15)24)11-16(23)21(14-7-8-14)9-2-3-10-22/h4-6,12,14,22H,2-3,7-11H2,1H3. The van der Waals surface area contributed by atoms with Crippen LogP contribution in [-0.4, -0.2) is 44.7 Å². The fourth-order valence-electron chi connectivity index (χ4n) is 2.98. The number of nitrogens with zero attached hydrogens (tertiary/aromatic N) is 3. The van der Waals surface area contributed by atoms with Gasteiger partial charge in [-0.3, -0.25) is 14.2 Å². The molecule has 0 unspecified atom stereocenters. The lowest BCUT2D eigenvalue weighted by atomic mass is 10.1. The van der Waals surface area contributed by atoms with Crippen molar-refractivity contribution in [3.8, 4) is 0 Å². The summed E-state index contributed by atoms with van der Waals surface area (Å²) < 4.78 is 1.39. The minimum absolute atomic E-state index is 0.0192. The van der Waals surface area contributed by atoms with Gasteiger partial charge in [-0.1, -0.05) is 12.1 Å². The smallest absolute Gasteiger partial charge is 0.261 e. The number of benzene rings is 1. The Bertz CT molecular complexity index is 796. The van der Waals surface area contributed by atoms with Crippen LogP contribution in [0.5, 0.6) is 0 Å². The van der Waals surface area contributed by atoms with Crippen molar-refractivity contribution in [2.24, 2.45) is 0 Å². The SMILES string of the molecule is Cc1cccc2c(=O)n(CC(=O)N(CCCCO)C3CC3)cnc12. The summed E-state index contributed by atoms with van der Waals surface area (Å²) >= 11 is 0. The fourth-order valence-corrected chi connectivity index (χ4v) is 2.98. The normalized spacial score (nSPS) is 14.1. The molecule has 1 amide bonds. The number of rotatable bonds is 7. The topological polar surface area (TPSA) is 75.4 Å².